The summed E-state index contributed by atoms with van der Waals surface area (Å²) in [5.41, 5.74) is -0.380. The van der Waals surface area contributed by atoms with Gasteiger partial charge in [-0.3, -0.25) is 4.79 Å². The predicted octanol–water partition coefficient (Wildman–Crippen LogP) is 2.04. The van der Waals surface area contributed by atoms with Crippen molar-refractivity contribution >= 4 is 5.91 Å². The van der Waals surface area contributed by atoms with Crippen LogP contribution >= 0.6 is 0 Å². The lowest BCUT2D eigenvalue weighted by molar-refractivity contribution is -0.139. The van der Waals surface area contributed by atoms with Crippen molar-refractivity contribution in [1.29, 1.82) is 0 Å². The van der Waals surface area contributed by atoms with Crippen LogP contribution in [0, 0.1) is 5.92 Å². The van der Waals surface area contributed by atoms with Gasteiger partial charge in [0.1, 0.15) is 0 Å². The van der Waals surface area contributed by atoms with E-state index in [4.69, 9.17) is 4.74 Å². The summed E-state index contributed by atoms with van der Waals surface area (Å²) in [6.07, 6.45) is 2.88. The third kappa shape index (κ3) is 5.49. The Balaban J connectivity index is 2.58. The molecule has 1 aliphatic heterocycles. The number of nitrogens with zero attached hydrogens (tertiary/aromatic N) is 1. The molecule has 1 rings (SSSR count). The summed E-state index contributed by atoms with van der Waals surface area (Å²) >= 11 is 0. The average Bonchev–Trinajstić information content (AvgIpc) is 2.36. The molecule has 0 aromatic carbocycles. The van der Waals surface area contributed by atoms with Gasteiger partial charge < -0.3 is 15.0 Å². The summed E-state index contributed by atoms with van der Waals surface area (Å²) < 4.78 is 5.37. The van der Waals surface area contributed by atoms with E-state index in [1.807, 2.05) is 18.7 Å². The van der Waals surface area contributed by atoms with Crippen LogP contribution in [0.5, 0.6) is 0 Å². The van der Waals surface area contributed by atoms with Gasteiger partial charge in [0.2, 0.25) is 5.91 Å². The Morgan fingerprint density at radius 3 is 2.63 bits per heavy atom. The van der Waals surface area contributed by atoms with Crippen molar-refractivity contribution in [2.24, 2.45) is 5.92 Å². The maximum absolute atomic E-state index is 12.5. The van der Waals surface area contributed by atoms with Gasteiger partial charge in [0.05, 0.1) is 12.0 Å². The number of amides is 1. The molecule has 1 aliphatic rings. The minimum atomic E-state index is -0.380. The number of hydrogen-bond donors (Lipinski definition) is 1. The zero-order valence-corrected chi connectivity index (χ0v) is 13.2. The molecule has 1 atom stereocenters. The Bertz CT molecular complexity index is 284. The maximum atomic E-state index is 12.5. The number of piperidine rings is 1. The van der Waals surface area contributed by atoms with Crippen LogP contribution in [0.25, 0.3) is 0 Å². The fourth-order valence-electron chi connectivity index (χ4n) is 2.50. The van der Waals surface area contributed by atoms with Crippen molar-refractivity contribution in [2.45, 2.75) is 58.6 Å². The molecule has 0 aromatic heterocycles. The molecule has 0 bridgehead atoms. The molecule has 0 aromatic rings. The van der Waals surface area contributed by atoms with E-state index in [9.17, 15) is 4.79 Å². The van der Waals surface area contributed by atoms with Crippen molar-refractivity contribution in [3.63, 3.8) is 0 Å². The molecule has 112 valence electrons. The molecular formula is C15H30N2O2. The molecule has 0 saturated carbocycles. The zero-order valence-electron chi connectivity index (χ0n) is 13.2. The van der Waals surface area contributed by atoms with E-state index in [1.165, 1.54) is 12.8 Å². The minimum Gasteiger partial charge on any atom is -0.378 e. The molecule has 0 radical (unpaired) electrons. The molecule has 1 N–H and O–H groups in total. The first-order valence-corrected chi connectivity index (χ1v) is 7.41. The third-order valence-corrected chi connectivity index (χ3v) is 3.93. The van der Waals surface area contributed by atoms with Crippen LogP contribution in [0.2, 0.25) is 0 Å². The molecule has 1 saturated heterocycles. The Kier molecular flexibility index (Phi) is 6.27. The molecule has 0 spiro atoms. The first-order chi connectivity index (χ1) is 8.85. The summed E-state index contributed by atoms with van der Waals surface area (Å²) in [4.78, 5) is 14.5. The highest BCUT2D eigenvalue weighted by Gasteiger charge is 2.28. The molecular weight excluding hydrogens is 240 g/mol. The zero-order chi connectivity index (χ0) is 14.5. The third-order valence-electron chi connectivity index (χ3n) is 3.93. The van der Waals surface area contributed by atoms with Gasteiger partial charge in [0.25, 0.3) is 0 Å². The molecule has 19 heavy (non-hydrogen) atoms. The van der Waals surface area contributed by atoms with Crippen molar-refractivity contribution in [2.75, 3.05) is 26.7 Å². The molecule has 1 amide bonds. The molecule has 4 nitrogen and oxygen atoms in total. The van der Waals surface area contributed by atoms with E-state index < -0.39 is 0 Å². The number of nitrogens with one attached hydrogen (secondary N) is 1. The molecule has 1 fully saturated rings. The second-order valence-corrected chi connectivity index (χ2v) is 6.49. The Morgan fingerprint density at radius 2 is 2.16 bits per heavy atom. The van der Waals surface area contributed by atoms with Crippen molar-refractivity contribution in [3.05, 3.63) is 0 Å². The summed E-state index contributed by atoms with van der Waals surface area (Å²) in [6, 6.07) is 0.252. The van der Waals surface area contributed by atoms with Gasteiger partial charge in [-0.25, -0.2) is 0 Å². The van der Waals surface area contributed by atoms with Gasteiger partial charge >= 0.3 is 0 Å². The van der Waals surface area contributed by atoms with Crippen LogP contribution in [0.3, 0.4) is 0 Å². The largest absolute Gasteiger partial charge is 0.378 e. The quantitative estimate of drug-likeness (QED) is 0.803. The van der Waals surface area contributed by atoms with Crippen LogP contribution in [0.4, 0.5) is 0 Å². The van der Waals surface area contributed by atoms with Crippen molar-refractivity contribution in [3.8, 4) is 0 Å². The second-order valence-electron chi connectivity index (χ2n) is 6.49. The number of ether oxygens (including phenoxy) is 1. The van der Waals surface area contributed by atoms with Crippen LogP contribution in [-0.2, 0) is 9.53 Å². The molecule has 1 heterocycles. The highest BCUT2D eigenvalue weighted by Crippen LogP contribution is 2.19. The summed E-state index contributed by atoms with van der Waals surface area (Å²) in [5, 5.41) is 3.41. The van der Waals surface area contributed by atoms with E-state index in [0.717, 1.165) is 19.6 Å². The minimum absolute atomic E-state index is 0.201. The van der Waals surface area contributed by atoms with Crippen LogP contribution in [0.15, 0.2) is 0 Å². The van der Waals surface area contributed by atoms with Gasteiger partial charge in [-0.05, 0) is 59.5 Å². The monoisotopic (exact) mass is 270 g/mol. The standard InChI is InChI=1S/C15H30N2O2/c1-12(2)17(11-13-7-6-8-16-10-13)14(18)9-15(3,4)19-5/h12-13,16H,6-11H2,1-5H3. The van der Waals surface area contributed by atoms with Gasteiger partial charge in [-0.15, -0.1) is 0 Å². The number of carbonyl (C=O) groups excluding carboxylic acids is 1. The van der Waals surface area contributed by atoms with Gasteiger partial charge in [0, 0.05) is 19.7 Å². The number of methoxy groups -OCH3 is 1. The normalized spacial score (nSPS) is 20.6. The SMILES string of the molecule is COC(C)(C)CC(=O)N(CC1CCCNC1)C(C)C. The Hall–Kier alpha value is -0.610. The van der Waals surface area contributed by atoms with Gasteiger partial charge in [0.15, 0.2) is 0 Å². The van der Waals surface area contributed by atoms with Crippen LogP contribution < -0.4 is 5.32 Å². The molecule has 1 unspecified atom stereocenters. The number of hydrogen-bond acceptors (Lipinski definition) is 3. The Morgan fingerprint density at radius 1 is 1.47 bits per heavy atom. The molecule has 0 aliphatic carbocycles. The van der Waals surface area contributed by atoms with E-state index in [0.29, 0.717) is 12.3 Å². The first kappa shape index (κ1) is 16.4. The van der Waals surface area contributed by atoms with E-state index >= 15 is 0 Å². The summed E-state index contributed by atoms with van der Waals surface area (Å²) in [6.45, 7) is 11.1. The van der Waals surface area contributed by atoms with Crippen LogP contribution in [-0.4, -0.2) is 49.2 Å². The predicted molar refractivity (Wildman–Crippen MR) is 78.1 cm³/mol. The fourth-order valence-corrected chi connectivity index (χ4v) is 2.50. The lowest BCUT2D eigenvalue weighted by Gasteiger charge is -2.35. The van der Waals surface area contributed by atoms with Gasteiger partial charge in [-0.2, -0.15) is 0 Å². The lowest BCUT2D eigenvalue weighted by atomic mass is 9.97. The van der Waals surface area contributed by atoms with Gasteiger partial charge in [-0.1, -0.05) is 0 Å². The summed E-state index contributed by atoms with van der Waals surface area (Å²) in [5.74, 6) is 0.790. The average molecular weight is 270 g/mol. The van der Waals surface area contributed by atoms with E-state index in [-0.39, 0.29) is 17.6 Å². The fraction of sp³-hybridized carbons (Fsp3) is 0.933. The lowest BCUT2D eigenvalue weighted by Crippen LogP contribution is -2.46. The number of rotatable bonds is 6. The summed E-state index contributed by atoms with van der Waals surface area (Å²) in [7, 11) is 1.66. The number of carbonyl (C=O) groups is 1. The highest BCUT2D eigenvalue weighted by atomic mass is 16.5. The highest BCUT2D eigenvalue weighted by molar-refractivity contribution is 5.77. The van der Waals surface area contributed by atoms with E-state index in [1.54, 1.807) is 7.11 Å². The first-order valence-electron chi connectivity index (χ1n) is 7.41. The molecule has 4 heteroatoms. The Labute approximate surface area is 117 Å². The maximum Gasteiger partial charge on any atom is 0.225 e. The topological polar surface area (TPSA) is 41.6 Å². The van der Waals surface area contributed by atoms with Crippen LogP contribution in [0.1, 0.15) is 47.0 Å². The van der Waals surface area contributed by atoms with Crippen molar-refractivity contribution < 1.29 is 9.53 Å². The van der Waals surface area contributed by atoms with Crippen molar-refractivity contribution in [1.82, 2.24) is 10.2 Å². The smallest absolute Gasteiger partial charge is 0.225 e. The van der Waals surface area contributed by atoms with E-state index in [2.05, 4.69) is 19.2 Å². The second kappa shape index (κ2) is 7.25.